The van der Waals surface area contributed by atoms with Gasteiger partial charge in [-0.05, 0) is 12.5 Å². The van der Waals surface area contributed by atoms with Crippen molar-refractivity contribution >= 4 is 11.9 Å². The van der Waals surface area contributed by atoms with E-state index in [2.05, 4.69) is 4.99 Å². The molecular formula is C12H16N2O2. The fourth-order valence-electron chi connectivity index (χ4n) is 0.984. The molecule has 4 heteroatoms. The summed E-state index contributed by atoms with van der Waals surface area (Å²) in [5.41, 5.74) is 0.952. The van der Waals surface area contributed by atoms with Crippen LogP contribution in [0.15, 0.2) is 35.3 Å². The molecule has 0 aliphatic rings. The summed E-state index contributed by atoms with van der Waals surface area (Å²) in [6.45, 7) is 2.01. The third-order valence-electron chi connectivity index (χ3n) is 2.11. The van der Waals surface area contributed by atoms with Crippen molar-refractivity contribution < 1.29 is 9.53 Å². The SMILES string of the molecule is C/C(=N/C(=O)OCc1ccccc1)N(C)C. The molecule has 16 heavy (non-hydrogen) atoms. The zero-order chi connectivity index (χ0) is 12.0. The summed E-state index contributed by atoms with van der Waals surface area (Å²) in [5, 5.41) is 0. The summed E-state index contributed by atoms with van der Waals surface area (Å²) in [4.78, 5) is 16.8. The van der Waals surface area contributed by atoms with Crippen LogP contribution >= 0.6 is 0 Å². The van der Waals surface area contributed by atoms with E-state index in [0.717, 1.165) is 5.56 Å². The molecule has 0 fully saturated rings. The molecule has 0 aliphatic heterocycles. The van der Waals surface area contributed by atoms with Crippen LogP contribution in [0.2, 0.25) is 0 Å². The Morgan fingerprint density at radius 1 is 1.31 bits per heavy atom. The van der Waals surface area contributed by atoms with E-state index in [9.17, 15) is 4.79 Å². The Kier molecular flexibility index (Phi) is 4.51. The van der Waals surface area contributed by atoms with Gasteiger partial charge in [-0.25, -0.2) is 4.79 Å². The lowest BCUT2D eigenvalue weighted by molar-refractivity contribution is 0.150. The molecule has 0 bridgehead atoms. The van der Waals surface area contributed by atoms with Crippen LogP contribution in [-0.2, 0) is 11.3 Å². The number of rotatable bonds is 2. The van der Waals surface area contributed by atoms with E-state index in [-0.39, 0.29) is 6.61 Å². The van der Waals surface area contributed by atoms with Gasteiger partial charge < -0.3 is 9.64 Å². The highest BCUT2D eigenvalue weighted by Crippen LogP contribution is 2.01. The third-order valence-corrected chi connectivity index (χ3v) is 2.11. The Balaban J connectivity index is 2.45. The quantitative estimate of drug-likeness (QED) is 0.567. The summed E-state index contributed by atoms with van der Waals surface area (Å²) < 4.78 is 5.00. The van der Waals surface area contributed by atoms with Gasteiger partial charge >= 0.3 is 6.09 Å². The molecule has 0 unspecified atom stereocenters. The van der Waals surface area contributed by atoms with Gasteiger partial charge in [-0.2, -0.15) is 4.99 Å². The number of carbonyl (C=O) groups excluding carboxylic acids is 1. The van der Waals surface area contributed by atoms with Gasteiger partial charge in [0.1, 0.15) is 12.4 Å². The molecule has 0 radical (unpaired) electrons. The predicted octanol–water partition coefficient (Wildman–Crippen LogP) is 2.30. The number of carbonyl (C=O) groups is 1. The molecule has 1 rings (SSSR count). The fraction of sp³-hybridized carbons (Fsp3) is 0.333. The van der Waals surface area contributed by atoms with Gasteiger partial charge in [0.25, 0.3) is 0 Å². The van der Waals surface area contributed by atoms with Gasteiger partial charge in [0.05, 0.1) is 0 Å². The van der Waals surface area contributed by atoms with Crippen LogP contribution in [0.4, 0.5) is 4.79 Å². The van der Waals surface area contributed by atoms with Crippen molar-refractivity contribution in [2.45, 2.75) is 13.5 Å². The summed E-state index contributed by atoms with van der Waals surface area (Å²) in [5.74, 6) is 0.623. The minimum Gasteiger partial charge on any atom is -0.443 e. The van der Waals surface area contributed by atoms with E-state index in [1.807, 2.05) is 44.4 Å². The van der Waals surface area contributed by atoms with Crippen LogP contribution in [0.1, 0.15) is 12.5 Å². The highest BCUT2D eigenvalue weighted by atomic mass is 16.5. The first-order valence-corrected chi connectivity index (χ1v) is 5.03. The van der Waals surface area contributed by atoms with Crippen LogP contribution in [0.25, 0.3) is 0 Å². The molecule has 0 aromatic heterocycles. The Morgan fingerprint density at radius 2 is 1.94 bits per heavy atom. The van der Waals surface area contributed by atoms with Crippen LogP contribution < -0.4 is 0 Å². The van der Waals surface area contributed by atoms with E-state index >= 15 is 0 Å². The van der Waals surface area contributed by atoms with Crippen LogP contribution in [0.3, 0.4) is 0 Å². The highest BCUT2D eigenvalue weighted by molar-refractivity contribution is 5.89. The first kappa shape index (κ1) is 12.2. The number of hydrogen-bond acceptors (Lipinski definition) is 2. The normalized spacial score (nSPS) is 11.1. The fourth-order valence-corrected chi connectivity index (χ4v) is 0.984. The molecule has 0 atom stereocenters. The number of amidine groups is 1. The molecule has 4 nitrogen and oxygen atoms in total. The van der Waals surface area contributed by atoms with Crippen molar-refractivity contribution in [3.8, 4) is 0 Å². The molecule has 1 aromatic carbocycles. The summed E-state index contributed by atoms with van der Waals surface area (Å²) in [6.07, 6.45) is -0.560. The van der Waals surface area contributed by atoms with Crippen LogP contribution in [-0.4, -0.2) is 30.9 Å². The Hall–Kier alpha value is -1.84. The van der Waals surface area contributed by atoms with Gasteiger partial charge in [-0.3, -0.25) is 0 Å². The van der Waals surface area contributed by atoms with Gasteiger partial charge in [0.15, 0.2) is 0 Å². The molecule has 0 spiro atoms. The molecule has 1 aromatic rings. The number of nitrogens with zero attached hydrogens (tertiary/aromatic N) is 2. The van der Waals surface area contributed by atoms with Crippen molar-refractivity contribution in [3.63, 3.8) is 0 Å². The Bertz CT molecular complexity index is 372. The van der Waals surface area contributed by atoms with Crippen molar-refractivity contribution in [2.24, 2.45) is 4.99 Å². The molecule has 0 aliphatic carbocycles. The number of amides is 1. The Labute approximate surface area is 95.6 Å². The maximum absolute atomic E-state index is 11.3. The van der Waals surface area contributed by atoms with Crippen molar-refractivity contribution in [2.75, 3.05) is 14.1 Å². The summed E-state index contributed by atoms with van der Waals surface area (Å²) in [7, 11) is 3.65. The van der Waals surface area contributed by atoms with E-state index in [0.29, 0.717) is 5.84 Å². The first-order chi connectivity index (χ1) is 7.59. The monoisotopic (exact) mass is 220 g/mol. The molecular weight excluding hydrogens is 204 g/mol. The van der Waals surface area contributed by atoms with Crippen molar-refractivity contribution in [1.82, 2.24) is 4.90 Å². The molecule has 0 saturated heterocycles. The van der Waals surface area contributed by atoms with E-state index < -0.39 is 6.09 Å². The molecule has 0 saturated carbocycles. The van der Waals surface area contributed by atoms with Crippen LogP contribution in [0, 0.1) is 0 Å². The minimum atomic E-state index is -0.560. The molecule has 86 valence electrons. The van der Waals surface area contributed by atoms with Gasteiger partial charge in [-0.1, -0.05) is 30.3 Å². The standard InChI is InChI=1S/C12H16N2O2/c1-10(14(2)3)13-12(15)16-9-11-7-5-4-6-8-11/h4-8H,9H2,1-3H3/b13-10-. The number of benzene rings is 1. The topological polar surface area (TPSA) is 41.9 Å². The lowest BCUT2D eigenvalue weighted by Crippen LogP contribution is -2.20. The van der Waals surface area contributed by atoms with E-state index in [4.69, 9.17) is 4.74 Å². The third kappa shape index (κ3) is 4.13. The van der Waals surface area contributed by atoms with Gasteiger partial charge in [0, 0.05) is 14.1 Å². The van der Waals surface area contributed by atoms with Gasteiger partial charge in [-0.15, -0.1) is 0 Å². The highest BCUT2D eigenvalue weighted by Gasteiger charge is 2.02. The second-order valence-corrected chi connectivity index (χ2v) is 3.59. The average Bonchev–Trinajstić information content (AvgIpc) is 2.27. The average molecular weight is 220 g/mol. The predicted molar refractivity (Wildman–Crippen MR) is 63.4 cm³/mol. The second kappa shape index (κ2) is 5.90. The number of hydrogen-bond donors (Lipinski definition) is 0. The molecule has 1 amide bonds. The number of ether oxygens (including phenoxy) is 1. The van der Waals surface area contributed by atoms with E-state index in [1.165, 1.54) is 0 Å². The van der Waals surface area contributed by atoms with Crippen molar-refractivity contribution in [3.05, 3.63) is 35.9 Å². The van der Waals surface area contributed by atoms with Crippen molar-refractivity contribution in [1.29, 1.82) is 0 Å². The number of aliphatic imine (C=N–C) groups is 1. The zero-order valence-electron chi connectivity index (χ0n) is 9.80. The maximum atomic E-state index is 11.3. The lowest BCUT2D eigenvalue weighted by Gasteiger charge is -2.10. The maximum Gasteiger partial charge on any atom is 0.435 e. The lowest BCUT2D eigenvalue weighted by atomic mass is 10.2. The summed E-state index contributed by atoms with van der Waals surface area (Å²) in [6, 6.07) is 9.51. The summed E-state index contributed by atoms with van der Waals surface area (Å²) >= 11 is 0. The molecule has 0 heterocycles. The zero-order valence-corrected chi connectivity index (χ0v) is 9.80. The largest absolute Gasteiger partial charge is 0.443 e. The van der Waals surface area contributed by atoms with E-state index in [1.54, 1.807) is 11.8 Å². The minimum absolute atomic E-state index is 0.254. The smallest absolute Gasteiger partial charge is 0.435 e. The molecule has 0 N–H and O–H groups in total. The van der Waals surface area contributed by atoms with Crippen LogP contribution in [0.5, 0.6) is 0 Å². The Morgan fingerprint density at radius 3 is 2.50 bits per heavy atom. The second-order valence-electron chi connectivity index (χ2n) is 3.59. The van der Waals surface area contributed by atoms with Gasteiger partial charge in [0.2, 0.25) is 0 Å². The first-order valence-electron chi connectivity index (χ1n) is 5.03.